The van der Waals surface area contributed by atoms with Gasteiger partial charge in [0.15, 0.2) is 0 Å². The molecule has 0 aliphatic carbocycles. The number of amides is 1. The van der Waals surface area contributed by atoms with E-state index >= 15 is 0 Å². The fraction of sp³-hybridized carbons (Fsp3) is 0.250. The molecule has 0 unspecified atom stereocenters. The molecule has 1 aromatic heterocycles. The Morgan fingerprint density at radius 2 is 2.16 bits per heavy atom. The Morgan fingerprint density at radius 1 is 1.42 bits per heavy atom. The highest BCUT2D eigenvalue weighted by Crippen LogP contribution is 2.22. The molecule has 2 rings (SSSR count). The van der Waals surface area contributed by atoms with Gasteiger partial charge in [-0.1, -0.05) is 38.1 Å². The van der Waals surface area contributed by atoms with Crippen LogP contribution in [0.25, 0.3) is 10.9 Å². The van der Waals surface area contributed by atoms with E-state index in [1.54, 1.807) is 6.08 Å². The van der Waals surface area contributed by atoms with Crippen molar-refractivity contribution in [1.29, 1.82) is 0 Å². The Kier molecular flexibility index (Phi) is 3.95. The van der Waals surface area contributed by atoms with Crippen molar-refractivity contribution in [2.24, 2.45) is 0 Å². The van der Waals surface area contributed by atoms with E-state index in [0.717, 1.165) is 16.6 Å². The van der Waals surface area contributed by atoms with Crippen LogP contribution in [0.2, 0.25) is 0 Å². The quantitative estimate of drug-likeness (QED) is 0.851. The van der Waals surface area contributed by atoms with Crippen LogP contribution in [0.5, 0.6) is 0 Å². The first kappa shape index (κ1) is 13.3. The molecule has 3 heteroatoms. The molecule has 0 fully saturated rings. The molecule has 0 saturated heterocycles. The fourth-order valence-electron chi connectivity index (χ4n) is 1.94. The molecule has 0 bridgehead atoms. The summed E-state index contributed by atoms with van der Waals surface area (Å²) in [4.78, 5) is 16.8. The predicted octanol–water partition coefficient (Wildman–Crippen LogP) is 3.27. The third kappa shape index (κ3) is 2.81. The number of fused-ring (bicyclic) bond motifs is 1. The largest absolute Gasteiger partial charge is 0.349 e. The molecular formula is C16H18N2O. The average Bonchev–Trinajstić information content (AvgIpc) is 2.43. The Bertz CT molecular complexity index is 617. The zero-order valence-corrected chi connectivity index (χ0v) is 11.3. The molecule has 1 aromatic carbocycles. The van der Waals surface area contributed by atoms with Gasteiger partial charge < -0.3 is 5.32 Å². The summed E-state index contributed by atoms with van der Waals surface area (Å²) in [6.45, 7) is 8.22. The molecule has 19 heavy (non-hydrogen) atoms. The van der Waals surface area contributed by atoms with Crippen molar-refractivity contribution >= 4 is 16.8 Å². The Labute approximate surface area is 113 Å². The van der Waals surface area contributed by atoms with Gasteiger partial charge in [-0.15, -0.1) is 6.58 Å². The maximum Gasteiger partial charge on any atom is 0.252 e. The number of carbonyl (C=O) groups excluding carboxylic acids is 1. The van der Waals surface area contributed by atoms with Gasteiger partial charge in [0.1, 0.15) is 0 Å². The summed E-state index contributed by atoms with van der Waals surface area (Å²) in [5.74, 6) is 0.205. The van der Waals surface area contributed by atoms with E-state index in [4.69, 9.17) is 0 Å². The van der Waals surface area contributed by atoms with Crippen molar-refractivity contribution in [3.05, 3.63) is 54.2 Å². The van der Waals surface area contributed by atoms with Gasteiger partial charge in [0, 0.05) is 17.6 Å². The van der Waals surface area contributed by atoms with Gasteiger partial charge in [0.25, 0.3) is 5.91 Å². The monoisotopic (exact) mass is 254 g/mol. The van der Waals surface area contributed by atoms with Crippen LogP contribution in [-0.4, -0.2) is 17.4 Å². The number of nitrogens with zero attached hydrogens (tertiary/aromatic N) is 1. The first-order valence-electron chi connectivity index (χ1n) is 6.42. The van der Waals surface area contributed by atoms with E-state index in [0.29, 0.717) is 12.1 Å². The van der Waals surface area contributed by atoms with Crippen molar-refractivity contribution < 1.29 is 4.79 Å². The molecule has 0 spiro atoms. The lowest BCUT2D eigenvalue weighted by Crippen LogP contribution is -2.23. The molecule has 0 atom stereocenters. The molecule has 3 nitrogen and oxygen atoms in total. The van der Waals surface area contributed by atoms with Crippen LogP contribution < -0.4 is 5.32 Å². The van der Waals surface area contributed by atoms with Crippen molar-refractivity contribution in [3.63, 3.8) is 0 Å². The van der Waals surface area contributed by atoms with Crippen molar-refractivity contribution in [1.82, 2.24) is 10.3 Å². The highest BCUT2D eigenvalue weighted by Gasteiger charge is 2.13. The standard InChI is InChI=1S/C16H18N2O/c1-4-9-17-16(19)13-10-15(11(2)3)18-14-8-6-5-7-12(13)14/h4-8,10-11H,1,9H2,2-3H3,(H,17,19). The number of rotatable bonds is 4. The van der Waals surface area contributed by atoms with Gasteiger partial charge in [-0.2, -0.15) is 0 Å². The Morgan fingerprint density at radius 3 is 2.84 bits per heavy atom. The molecule has 1 N–H and O–H groups in total. The lowest BCUT2D eigenvalue weighted by molar-refractivity contribution is 0.0959. The van der Waals surface area contributed by atoms with E-state index in [1.165, 1.54) is 0 Å². The van der Waals surface area contributed by atoms with E-state index in [1.807, 2.05) is 30.3 Å². The smallest absolute Gasteiger partial charge is 0.252 e. The predicted molar refractivity (Wildman–Crippen MR) is 78.4 cm³/mol. The van der Waals surface area contributed by atoms with Crippen LogP contribution in [0.15, 0.2) is 43.0 Å². The van der Waals surface area contributed by atoms with Gasteiger partial charge in [-0.3, -0.25) is 9.78 Å². The summed E-state index contributed by atoms with van der Waals surface area (Å²) in [5, 5.41) is 3.70. The zero-order valence-electron chi connectivity index (χ0n) is 11.3. The SMILES string of the molecule is C=CCNC(=O)c1cc(C(C)C)nc2ccccc12. The van der Waals surface area contributed by atoms with Gasteiger partial charge in [0.05, 0.1) is 11.1 Å². The zero-order chi connectivity index (χ0) is 13.8. The van der Waals surface area contributed by atoms with E-state index < -0.39 is 0 Å². The molecule has 1 amide bonds. The van der Waals surface area contributed by atoms with Crippen molar-refractivity contribution in [2.45, 2.75) is 19.8 Å². The summed E-state index contributed by atoms with van der Waals surface area (Å²) in [6.07, 6.45) is 1.67. The van der Waals surface area contributed by atoms with Crippen LogP contribution >= 0.6 is 0 Å². The number of nitrogens with one attached hydrogen (secondary N) is 1. The van der Waals surface area contributed by atoms with Crippen LogP contribution in [0.1, 0.15) is 35.8 Å². The first-order chi connectivity index (χ1) is 9.13. The number of benzene rings is 1. The van der Waals surface area contributed by atoms with E-state index in [9.17, 15) is 4.79 Å². The summed E-state index contributed by atoms with van der Waals surface area (Å²) >= 11 is 0. The molecule has 0 aliphatic heterocycles. The number of carbonyl (C=O) groups is 1. The molecule has 0 radical (unpaired) electrons. The molecule has 1 heterocycles. The molecule has 0 saturated carbocycles. The normalized spacial score (nSPS) is 10.7. The van der Waals surface area contributed by atoms with Crippen LogP contribution in [0.3, 0.4) is 0 Å². The minimum atomic E-state index is -0.0830. The number of para-hydroxylation sites is 1. The lowest BCUT2D eigenvalue weighted by atomic mass is 10.0. The second-order valence-corrected chi connectivity index (χ2v) is 4.77. The second kappa shape index (κ2) is 5.65. The maximum absolute atomic E-state index is 12.2. The second-order valence-electron chi connectivity index (χ2n) is 4.77. The number of hydrogen-bond acceptors (Lipinski definition) is 2. The van der Waals surface area contributed by atoms with Gasteiger partial charge in [-0.05, 0) is 18.1 Å². The van der Waals surface area contributed by atoms with E-state index in [2.05, 4.69) is 30.7 Å². The highest BCUT2D eigenvalue weighted by molar-refractivity contribution is 6.06. The number of aromatic nitrogens is 1. The molecule has 0 aliphatic rings. The van der Waals surface area contributed by atoms with Crippen molar-refractivity contribution in [2.75, 3.05) is 6.54 Å². The average molecular weight is 254 g/mol. The Balaban J connectivity index is 2.56. The molecular weight excluding hydrogens is 236 g/mol. The van der Waals surface area contributed by atoms with E-state index in [-0.39, 0.29) is 11.8 Å². The highest BCUT2D eigenvalue weighted by atomic mass is 16.1. The minimum Gasteiger partial charge on any atom is -0.349 e. The molecule has 98 valence electrons. The summed E-state index contributed by atoms with van der Waals surface area (Å²) in [5.41, 5.74) is 2.47. The summed E-state index contributed by atoms with van der Waals surface area (Å²) in [6, 6.07) is 9.60. The fourth-order valence-corrected chi connectivity index (χ4v) is 1.94. The van der Waals surface area contributed by atoms with Gasteiger partial charge in [-0.25, -0.2) is 0 Å². The number of pyridine rings is 1. The topological polar surface area (TPSA) is 42.0 Å². The summed E-state index contributed by atoms with van der Waals surface area (Å²) < 4.78 is 0. The number of hydrogen-bond donors (Lipinski definition) is 1. The third-order valence-electron chi connectivity index (χ3n) is 2.98. The first-order valence-corrected chi connectivity index (χ1v) is 6.42. The summed E-state index contributed by atoms with van der Waals surface area (Å²) in [7, 11) is 0. The minimum absolute atomic E-state index is 0.0830. The van der Waals surface area contributed by atoms with Gasteiger partial charge >= 0.3 is 0 Å². The molecule has 2 aromatic rings. The van der Waals surface area contributed by atoms with Crippen LogP contribution in [0.4, 0.5) is 0 Å². The lowest BCUT2D eigenvalue weighted by Gasteiger charge is -2.11. The Hall–Kier alpha value is -2.16. The maximum atomic E-state index is 12.2. The van der Waals surface area contributed by atoms with Crippen LogP contribution in [0, 0.1) is 0 Å². The van der Waals surface area contributed by atoms with Crippen molar-refractivity contribution in [3.8, 4) is 0 Å². The van der Waals surface area contributed by atoms with Gasteiger partial charge in [0.2, 0.25) is 0 Å². The van der Waals surface area contributed by atoms with Crippen LogP contribution in [-0.2, 0) is 0 Å². The third-order valence-corrected chi connectivity index (χ3v) is 2.98.